The van der Waals surface area contributed by atoms with Crippen LogP contribution in [-0.4, -0.2) is 32.6 Å². The van der Waals surface area contributed by atoms with Gasteiger partial charge in [0, 0.05) is 42.7 Å². The van der Waals surface area contributed by atoms with E-state index < -0.39 is 17.9 Å². The van der Waals surface area contributed by atoms with Crippen molar-refractivity contribution in [3.05, 3.63) is 142 Å². The molecule has 0 spiro atoms. The van der Waals surface area contributed by atoms with Gasteiger partial charge < -0.3 is 15.6 Å². The molecular formula is C32H29N5O3. The van der Waals surface area contributed by atoms with Gasteiger partial charge >= 0.3 is 0 Å². The molecule has 1 unspecified atom stereocenters. The largest absolute Gasteiger partial charge is 0.338 e. The molecule has 0 saturated heterocycles. The number of rotatable bonds is 8. The van der Waals surface area contributed by atoms with Crippen LogP contribution in [0.5, 0.6) is 0 Å². The minimum Gasteiger partial charge on any atom is -0.338 e. The molecule has 2 heterocycles. The quantitative estimate of drug-likeness (QED) is 0.271. The van der Waals surface area contributed by atoms with Crippen LogP contribution in [0.2, 0.25) is 0 Å². The average Bonchev–Trinajstić information content (AvgIpc) is 3.40. The summed E-state index contributed by atoms with van der Waals surface area (Å²) in [4.78, 5) is 41.6. The number of nitrogens with one attached hydrogen (secondary N) is 3. The number of pyridine rings is 1. The first kappa shape index (κ1) is 26.4. The third-order valence-corrected chi connectivity index (χ3v) is 6.87. The Kier molecular flexibility index (Phi) is 7.68. The highest BCUT2D eigenvalue weighted by Crippen LogP contribution is 2.30. The lowest BCUT2D eigenvalue weighted by Gasteiger charge is -2.28. The highest BCUT2D eigenvalue weighted by molar-refractivity contribution is 6.01. The maximum Gasteiger partial charge on any atom is 0.270 e. The summed E-state index contributed by atoms with van der Waals surface area (Å²) in [6.45, 7) is 1.88. The van der Waals surface area contributed by atoms with Gasteiger partial charge in [0.2, 0.25) is 11.5 Å². The van der Waals surface area contributed by atoms with Gasteiger partial charge in [0.1, 0.15) is 11.7 Å². The van der Waals surface area contributed by atoms with E-state index in [1.807, 2.05) is 79.7 Å². The summed E-state index contributed by atoms with van der Waals surface area (Å²) < 4.78 is 1.47. The van der Waals surface area contributed by atoms with E-state index in [9.17, 15) is 14.4 Å². The lowest BCUT2D eigenvalue weighted by Crippen LogP contribution is -2.48. The van der Waals surface area contributed by atoms with E-state index in [2.05, 4.69) is 20.7 Å². The van der Waals surface area contributed by atoms with Gasteiger partial charge in [-0.15, -0.1) is 0 Å². The molecule has 200 valence electrons. The van der Waals surface area contributed by atoms with Crippen molar-refractivity contribution >= 4 is 17.5 Å². The number of aromatic amines is 1. The van der Waals surface area contributed by atoms with Crippen molar-refractivity contribution in [1.29, 1.82) is 0 Å². The molecule has 0 saturated carbocycles. The van der Waals surface area contributed by atoms with E-state index in [1.165, 1.54) is 4.68 Å². The Labute approximate surface area is 231 Å². The number of aromatic nitrogens is 3. The Balaban J connectivity index is 1.48. The third-order valence-electron chi connectivity index (χ3n) is 6.87. The van der Waals surface area contributed by atoms with Crippen molar-refractivity contribution in [2.45, 2.75) is 18.9 Å². The summed E-state index contributed by atoms with van der Waals surface area (Å²) in [5, 5.41) is 10.1. The van der Waals surface area contributed by atoms with Crippen LogP contribution >= 0.6 is 0 Å². The van der Waals surface area contributed by atoms with E-state index in [4.69, 9.17) is 0 Å². The number of anilines is 1. The van der Waals surface area contributed by atoms with Gasteiger partial charge in [-0.05, 0) is 47.4 Å². The first-order valence-corrected chi connectivity index (χ1v) is 12.9. The van der Waals surface area contributed by atoms with Crippen LogP contribution in [0.4, 0.5) is 5.69 Å². The lowest BCUT2D eigenvalue weighted by molar-refractivity contribution is -0.118. The Morgan fingerprint density at radius 3 is 2.05 bits per heavy atom. The lowest BCUT2D eigenvalue weighted by atomic mass is 9.84. The summed E-state index contributed by atoms with van der Waals surface area (Å²) in [5.74, 6) is -1.22. The van der Waals surface area contributed by atoms with Crippen LogP contribution in [0, 0.1) is 6.92 Å². The van der Waals surface area contributed by atoms with Crippen LogP contribution < -0.4 is 16.2 Å². The number of carbonyl (C=O) groups excluding carboxylic acids is 2. The molecule has 5 rings (SSSR count). The van der Waals surface area contributed by atoms with Crippen molar-refractivity contribution in [2.24, 2.45) is 7.05 Å². The van der Waals surface area contributed by atoms with Crippen molar-refractivity contribution in [3.63, 3.8) is 0 Å². The van der Waals surface area contributed by atoms with E-state index >= 15 is 0 Å². The Morgan fingerprint density at radius 2 is 1.50 bits per heavy atom. The zero-order valence-electron chi connectivity index (χ0n) is 22.2. The van der Waals surface area contributed by atoms with Gasteiger partial charge in [-0.3, -0.25) is 19.1 Å². The third kappa shape index (κ3) is 5.76. The van der Waals surface area contributed by atoms with Crippen LogP contribution in [0.25, 0.3) is 11.1 Å². The van der Waals surface area contributed by atoms with Gasteiger partial charge in [0.25, 0.3) is 5.91 Å². The summed E-state index contributed by atoms with van der Waals surface area (Å²) in [6.07, 6.45) is 3.22. The fourth-order valence-electron chi connectivity index (χ4n) is 4.85. The van der Waals surface area contributed by atoms with E-state index in [1.54, 1.807) is 43.7 Å². The normalized spacial score (nSPS) is 11.7. The highest BCUT2D eigenvalue weighted by atomic mass is 16.2. The summed E-state index contributed by atoms with van der Waals surface area (Å²) in [6, 6.07) is 28.9. The van der Waals surface area contributed by atoms with E-state index in [0.717, 1.165) is 27.8 Å². The molecule has 5 aromatic rings. The first-order chi connectivity index (χ1) is 19.4. The predicted molar refractivity (Wildman–Crippen MR) is 155 cm³/mol. The molecule has 0 aliphatic rings. The summed E-state index contributed by atoms with van der Waals surface area (Å²) in [5.41, 5.74) is 5.20. The molecule has 40 heavy (non-hydrogen) atoms. The molecule has 2 aromatic heterocycles. The number of hydrogen-bond acceptors (Lipinski definition) is 4. The monoisotopic (exact) mass is 531 g/mol. The first-order valence-electron chi connectivity index (χ1n) is 12.9. The van der Waals surface area contributed by atoms with Crippen LogP contribution in [0.3, 0.4) is 0 Å². The van der Waals surface area contributed by atoms with E-state index in [0.29, 0.717) is 11.4 Å². The number of amides is 2. The number of carbonyl (C=O) groups is 2. The Hall–Kier alpha value is -5.24. The van der Waals surface area contributed by atoms with Gasteiger partial charge in [-0.25, -0.2) is 0 Å². The van der Waals surface area contributed by atoms with Crippen molar-refractivity contribution in [2.75, 3.05) is 5.32 Å². The average molecular weight is 532 g/mol. The Bertz CT molecular complexity index is 1640. The molecule has 3 aromatic carbocycles. The maximum atomic E-state index is 13.9. The van der Waals surface area contributed by atoms with Crippen molar-refractivity contribution in [3.8, 4) is 11.1 Å². The molecule has 3 N–H and O–H groups in total. The zero-order valence-corrected chi connectivity index (χ0v) is 22.2. The van der Waals surface area contributed by atoms with Crippen LogP contribution in [-0.2, 0) is 11.8 Å². The van der Waals surface area contributed by atoms with Crippen molar-refractivity contribution < 1.29 is 9.59 Å². The Morgan fingerprint density at radius 1 is 0.875 bits per heavy atom. The predicted octanol–water partition coefficient (Wildman–Crippen LogP) is 4.65. The number of hydrogen-bond donors (Lipinski definition) is 3. The van der Waals surface area contributed by atoms with Crippen LogP contribution in [0.1, 0.15) is 33.1 Å². The standard InChI is InChI=1S/C32H29N5O3/c1-21-19-28(38)33-20-26(21)22-13-15-25(16-14-22)35-32(40)30(36-31(39)27-17-18-34-37(27)2)29(23-9-5-3-6-10-23)24-11-7-4-8-12-24/h3-20,29-30H,1-2H3,(H,33,38)(H,35,40)(H,36,39). The number of benzene rings is 3. The fourth-order valence-corrected chi connectivity index (χ4v) is 4.85. The molecule has 0 radical (unpaired) electrons. The topological polar surface area (TPSA) is 109 Å². The SMILES string of the molecule is Cc1cc(=O)[nH]cc1-c1ccc(NC(=O)C(NC(=O)c2ccnn2C)C(c2ccccc2)c2ccccc2)cc1. The second-order valence-electron chi connectivity index (χ2n) is 9.55. The van der Waals surface area contributed by atoms with Gasteiger partial charge in [0.05, 0.1) is 0 Å². The number of nitrogens with zero attached hydrogens (tertiary/aromatic N) is 2. The molecule has 8 heteroatoms. The smallest absolute Gasteiger partial charge is 0.270 e. The van der Waals surface area contributed by atoms with Crippen LogP contribution in [0.15, 0.2) is 114 Å². The molecule has 1 atom stereocenters. The van der Waals surface area contributed by atoms with Gasteiger partial charge in [0.15, 0.2) is 0 Å². The molecule has 0 aliphatic carbocycles. The van der Waals surface area contributed by atoms with Gasteiger partial charge in [-0.2, -0.15) is 5.10 Å². The zero-order chi connectivity index (χ0) is 28.1. The molecule has 0 bridgehead atoms. The minimum absolute atomic E-state index is 0.157. The molecule has 8 nitrogen and oxygen atoms in total. The highest BCUT2D eigenvalue weighted by Gasteiger charge is 2.33. The minimum atomic E-state index is -0.937. The molecule has 2 amide bonds. The number of aryl methyl sites for hydroxylation is 2. The molecule has 0 aliphatic heterocycles. The summed E-state index contributed by atoms with van der Waals surface area (Å²) >= 11 is 0. The van der Waals surface area contributed by atoms with E-state index in [-0.39, 0.29) is 11.5 Å². The molecular weight excluding hydrogens is 502 g/mol. The molecule has 0 fully saturated rings. The van der Waals surface area contributed by atoms with Crippen molar-refractivity contribution in [1.82, 2.24) is 20.1 Å². The number of H-pyrrole nitrogens is 1. The second kappa shape index (κ2) is 11.7. The maximum absolute atomic E-state index is 13.9. The fraction of sp³-hybridized carbons (Fsp3) is 0.125. The van der Waals surface area contributed by atoms with Gasteiger partial charge in [-0.1, -0.05) is 72.8 Å². The summed E-state index contributed by atoms with van der Waals surface area (Å²) in [7, 11) is 1.68. The second-order valence-corrected chi connectivity index (χ2v) is 9.55.